The van der Waals surface area contributed by atoms with E-state index in [1.54, 1.807) is 30.5 Å². The summed E-state index contributed by atoms with van der Waals surface area (Å²) in [5, 5.41) is 11.2. The molecule has 3 rings (SSSR count). The second kappa shape index (κ2) is 7.25. The Morgan fingerprint density at radius 1 is 1.33 bits per heavy atom. The van der Waals surface area contributed by atoms with Crippen molar-refractivity contribution < 1.29 is 9.53 Å². The lowest BCUT2D eigenvalue weighted by Gasteiger charge is -2.31. The molecule has 0 bridgehead atoms. The van der Waals surface area contributed by atoms with Crippen LogP contribution < -0.4 is 10.2 Å². The molecule has 1 unspecified atom stereocenters. The number of aromatic nitrogens is 3. The highest BCUT2D eigenvalue weighted by Gasteiger charge is 2.18. The van der Waals surface area contributed by atoms with Gasteiger partial charge in [0, 0.05) is 18.8 Å². The van der Waals surface area contributed by atoms with Gasteiger partial charge in [-0.3, -0.25) is 0 Å². The third-order valence-electron chi connectivity index (χ3n) is 4.09. The van der Waals surface area contributed by atoms with Crippen LogP contribution in [0, 0.1) is 5.92 Å². The zero-order valence-corrected chi connectivity index (χ0v) is 13.9. The van der Waals surface area contributed by atoms with Crippen molar-refractivity contribution in [1.82, 2.24) is 15.2 Å². The molecule has 0 saturated carbocycles. The molecule has 1 fully saturated rings. The monoisotopic (exact) mass is 327 g/mol. The van der Waals surface area contributed by atoms with E-state index in [1.807, 2.05) is 0 Å². The van der Waals surface area contributed by atoms with Crippen LogP contribution >= 0.6 is 0 Å². The minimum absolute atomic E-state index is 0.360. The summed E-state index contributed by atoms with van der Waals surface area (Å²) < 4.78 is 4.69. The topological polar surface area (TPSA) is 80.2 Å². The van der Waals surface area contributed by atoms with Crippen molar-refractivity contribution in [2.75, 3.05) is 30.4 Å². The van der Waals surface area contributed by atoms with Crippen molar-refractivity contribution in [2.45, 2.75) is 19.8 Å². The first-order chi connectivity index (χ1) is 11.7. The van der Waals surface area contributed by atoms with Gasteiger partial charge in [-0.15, -0.1) is 5.10 Å². The second-order valence-corrected chi connectivity index (χ2v) is 6.03. The Labute approximate surface area is 141 Å². The summed E-state index contributed by atoms with van der Waals surface area (Å²) in [5.41, 5.74) is 1.28. The normalized spacial score (nSPS) is 17.4. The van der Waals surface area contributed by atoms with Gasteiger partial charge in [-0.05, 0) is 43.0 Å². The predicted molar refractivity (Wildman–Crippen MR) is 91.5 cm³/mol. The molecule has 1 aromatic heterocycles. The molecule has 2 heterocycles. The Hall–Kier alpha value is -2.70. The molecule has 1 N–H and O–H groups in total. The van der Waals surface area contributed by atoms with Gasteiger partial charge in [0.15, 0.2) is 5.82 Å². The van der Waals surface area contributed by atoms with Crippen LogP contribution in [0.15, 0.2) is 30.5 Å². The van der Waals surface area contributed by atoms with Crippen LogP contribution in [0.3, 0.4) is 0 Å². The van der Waals surface area contributed by atoms with Gasteiger partial charge < -0.3 is 15.0 Å². The van der Waals surface area contributed by atoms with Gasteiger partial charge in [0.05, 0.1) is 18.9 Å². The number of nitrogens with one attached hydrogen (secondary N) is 1. The Kier molecular flexibility index (Phi) is 4.88. The molecule has 1 saturated heterocycles. The molecule has 0 radical (unpaired) electrons. The van der Waals surface area contributed by atoms with Gasteiger partial charge in [0.2, 0.25) is 5.95 Å². The molecule has 1 aliphatic rings. The molecule has 0 amide bonds. The van der Waals surface area contributed by atoms with Crippen molar-refractivity contribution in [3.8, 4) is 0 Å². The maximum absolute atomic E-state index is 11.4. The summed E-state index contributed by atoms with van der Waals surface area (Å²) in [7, 11) is 1.36. The molecule has 126 valence electrons. The Morgan fingerprint density at radius 2 is 2.12 bits per heavy atom. The Bertz CT molecular complexity index is 704. The quantitative estimate of drug-likeness (QED) is 0.865. The zero-order valence-electron chi connectivity index (χ0n) is 13.9. The SMILES string of the molecule is COC(=O)c1ccc(Nc2nncc(N3CCCC(C)C3)n2)cc1. The molecule has 24 heavy (non-hydrogen) atoms. The van der Waals surface area contributed by atoms with E-state index in [1.165, 1.54) is 20.0 Å². The lowest BCUT2D eigenvalue weighted by Crippen LogP contribution is -2.35. The molecule has 1 aliphatic heterocycles. The number of benzene rings is 1. The van der Waals surface area contributed by atoms with Crippen LogP contribution in [0.5, 0.6) is 0 Å². The number of esters is 1. The highest BCUT2D eigenvalue weighted by Crippen LogP contribution is 2.22. The van der Waals surface area contributed by atoms with Crippen LogP contribution in [0.2, 0.25) is 0 Å². The summed E-state index contributed by atoms with van der Waals surface area (Å²) >= 11 is 0. The van der Waals surface area contributed by atoms with Gasteiger partial charge in [0.25, 0.3) is 0 Å². The van der Waals surface area contributed by atoms with Crippen molar-refractivity contribution in [2.24, 2.45) is 5.92 Å². The number of carbonyl (C=O) groups is 1. The van der Waals surface area contributed by atoms with Crippen molar-refractivity contribution in [3.63, 3.8) is 0 Å². The van der Waals surface area contributed by atoms with Crippen molar-refractivity contribution in [1.29, 1.82) is 0 Å². The van der Waals surface area contributed by atoms with Gasteiger partial charge >= 0.3 is 5.97 Å². The maximum Gasteiger partial charge on any atom is 0.337 e. The minimum atomic E-state index is -0.360. The summed E-state index contributed by atoms with van der Waals surface area (Å²) in [6.45, 7) is 4.24. The molecule has 7 heteroatoms. The number of hydrogen-bond donors (Lipinski definition) is 1. The molecule has 7 nitrogen and oxygen atoms in total. The van der Waals surface area contributed by atoms with E-state index in [-0.39, 0.29) is 5.97 Å². The molecular weight excluding hydrogens is 306 g/mol. The third-order valence-corrected chi connectivity index (χ3v) is 4.09. The first kappa shape index (κ1) is 16.2. The summed E-state index contributed by atoms with van der Waals surface area (Å²) in [4.78, 5) is 18.2. The number of methoxy groups -OCH3 is 1. The van der Waals surface area contributed by atoms with Gasteiger partial charge in [-0.2, -0.15) is 10.1 Å². The average molecular weight is 327 g/mol. The lowest BCUT2D eigenvalue weighted by molar-refractivity contribution is 0.0601. The summed E-state index contributed by atoms with van der Waals surface area (Å²) in [5.74, 6) is 1.58. The van der Waals surface area contributed by atoms with Crippen LogP contribution in [0.25, 0.3) is 0 Å². The Morgan fingerprint density at radius 3 is 2.83 bits per heavy atom. The Balaban J connectivity index is 1.71. The first-order valence-electron chi connectivity index (χ1n) is 8.06. The van der Waals surface area contributed by atoms with Crippen molar-refractivity contribution in [3.05, 3.63) is 36.0 Å². The number of anilines is 3. The minimum Gasteiger partial charge on any atom is -0.465 e. The molecular formula is C17H21N5O2. The van der Waals surface area contributed by atoms with Crippen molar-refractivity contribution >= 4 is 23.4 Å². The highest BCUT2D eigenvalue weighted by atomic mass is 16.5. The first-order valence-corrected chi connectivity index (χ1v) is 8.06. The number of nitrogens with zero attached hydrogens (tertiary/aromatic N) is 4. The van der Waals surface area contributed by atoms with Crippen LogP contribution in [0.1, 0.15) is 30.1 Å². The average Bonchev–Trinajstić information content (AvgIpc) is 2.62. The fourth-order valence-electron chi connectivity index (χ4n) is 2.83. The second-order valence-electron chi connectivity index (χ2n) is 6.03. The fourth-order valence-corrected chi connectivity index (χ4v) is 2.83. The number of carbonyl (C=O) groups excluding carboxylic acids is 1. The van der Waals surface area contributed by atoms with E-state index in [4.69, 9.17) is 0 Å². The molecule has 2 aromatic rings. The smallest absolute Gasteiger partial charge is 0.337 e. The molecule has 1 atom stereocenters. The highest BCUT2D eigenvalue weighted by molar-refractivity contribution is 5.89. The number of hydrogen-bond acceptors (Lipinski definition) is 7. The van der Waals surface area contributed by atoms with Crippen LogP contribution in [-0.2, 0) is 4.74 Å². The number of ether oxygens (including phenoxy) is 1. The summed E-state index contributed by atoms with van der Waals surface area (Å²) in [6, 6.07) is 6.95. The predicted octanol–water partition coefficient (Wildman–Crippen LogP) is 2.64. The van der Waals surface area contributed by atoms with E-state index >= 15 is 0 Å². The van der Waals surface area contributed by atoms with Crippen LogP contribution in [0.4, 0.5) is 17.5 Å². The van der Waals surface area contributed by atoms with E-state index in [2.05, 4.69) is 37.1 Å². The van der Waals surface area contributed by atoms with Crippen LogP contribution in [-0.4, -0.2) is 41.3 Å². The maximum atomic E-state index is 11.4. The molecule has 1 aromatic carbocycles. The van der Waals surface area contributed by atoms with Gasteiger partial charge in [0.1, 0.15) is 0 Å². The summed E-state index contributed by atoms with van der Waals surface area (Å²) in [6.07, 6.45) is 4.12. The lowest BCUT2D eigenvalue weighted by atomic mass is 10.0. The van der Waals surface area contributed by atoms with E-state index in [0.717, 1.165) is 24.6 Å². The molecule has 0 spiro atoms. The zero-order chi connectivity index (χ0) is 16.9. The van der Waals surface area contributed by atoms with Gasteiger partial charge in [-0.1, -0.05) is 6.92 Å². The fraction of sp³-hybridized carbons (Fsp3) is 0.412. The van der Waals surface area contributed by atoms with E-state index in [9.17, 15) is 4.79 Å². The standard InChI is InChI=1S/C17H21N5O2/c1-12-4-3-9-22(11-12)15-10-18-21-17(20-15)19-14-7-5-13(6-8-14)16(23)24-2/h5-8,10,12H,3-4,9,11H2,1-2H3,(H,19,20,21). The number of rotatable bonds is 4. The molecule has 0 aliphatic carbocycles. The number of piperidine rings is 1. The van der Waals surface area contributed by atoms with E-state index < -0.39 is 0 Å². The largest absolute Gasteiger partial charge is 0.465 e. The van der Waals surface area contributed by atoms with E-state index in [0.29, 0.717) is 17.4 Å². The third kappa shape index (κ3) is 3.79. The van der Waals surface area contributed by atoms with Gasteiger partial charge in [-0.25, -0.2) is 4.79 Å².